The van der Waals surface area contributed by atoms with E-state index in [1.807, 2.05) is 61.5 Å². The molecule has 4 nitrogen and oxygen atoms in total. The molecule has 5 heteroatoms. The van der Waals surface area contributed by atoms with Crippen LogP contribution in [0.25, 0.3) is 11.3 Å². The first-order valence-corrected chi connectivity index (χ1v) is 8.77. The minimum absolute atomic E-state index is 0.422. The number of hydrogen-bond donors (Lipinski definition) is 1. The SMILES string of the molecule is COc1ccc(-c2cc(C(N)=O)c(C)n2CCc2ccccc2Cl)cc1. The van der Waals surface area contributed by atoms with Crippen molar-refractivity contribution in [2.24, 2.45) is 5.73 Å². The van der Waals surface area contributed by atoms with Gasteiger partial charge in [0.2, 0.25) is 0 Å². The van der Waals surface area contributed by atoms with Crippen molar-refractivity contribution in [1.29, 1.82) is 0 Å². The Morgan fingerprint density at radius 3 is 2.46 bits per heavy atom. The molecule has 0 saturated heterocycles. The summed E-state index contributed by atoms with van der Waals surface area (Å²) in [6, 6.07) is 17.4. The van der Waals surface area contributed by atoms with Gasteiger partial charge in [0.25, 0.3) is 5.91 Å². The fourth-order valence-electron chi connectivity index (χ4n) is 3.12. The number of hydrogen-bond acceptors (Lipinski definition) is 2. The van der Waals surface area contributed by atoms with Gasteiger partial charge >= 0.3 is 0 Å². The van der Waals surface area contributed by atoms with E-state index in [0.29, 0.717) is 12.1 Å². The number of amides is 1. The lowest BCUT2D eigenvalue weighted by molar-refractivity contribution is 0.0999. The van der Waals surface area contributed by atoms with Crippen LogP contribution >= 0.6 is 11.6 Å². The Balaban J connectivity index is 1.99. The molecule has 0 fully saturated rings. The number of nitrogens with two attached hydrogens (primary N) is 1. The second-order valence-electron chi connectivity index (χ2n) is 6.11. The highest BCUT2D eigenvalue weighted by atomic mass is 35.5. The molecule has 3 aromatic rings. The zero-order valence-electron chi connectivity index (χ0n) is 14.8. The number of benzene rings is 2. The molecule has 0 aliphatic heterocycles. The van der Waals surface area contributed by atoms with E-state index >= 15 is 0 Å². The quantitative estimate of drug-likeness (QED) is 0.698. The van der Waals surface area contributed by atoms with Crippen LogP contribution in [0.2, 0.25) is 5.02 Å². The maximum atomic E-state index is 11.8. The molecular weight excluding hydrogens is 348 g/mol. The van der Waals surface area contributed by atoms with Crippen molar-refractivity contribution >= 4 is 17.5 Å². The van der Waals surface area contributed by atoms with Gasteiger partial charge in [-0.15, -0.1) is 0 Å². The van der Waals surface area contributed by atoms with Crippen LogP contribution in [0, 0.1) is 6.92 Å². The normalized spacial score (nSPS) is 10.7. The number of carbonyl (C=O) groups is 1. The molecule has 134 valence electrons. The maximum Gasteiger partial charge on any atom is 0.250 e. The number of ether oxygens (including phenoxy) is 1. The predicted octanol–water partition coefficient (Wildman–Crippen LogP) is 4.47. The Morgan fingerprint density at radius 1 is 1.15 bits per heavy atom. The summed E-state index contributed by atoms with van der Waals surface area (Å²) in [5, 5.41) is 0.749. The third-order valence-electron chi connectivity index (χ3n) is 4.58. The molecule has 0 bridgehead atoms. The van der Waals surface area contributed by atoms with Crippen molar-refractivity contribution in [2.45, 2.75) is 19.9 Å². The van der Waals surface area contributed by atoms with Crippen molar-refractivity contribution in [3.05, 3.63) is 76.4 Å². The monoisotopic (exact) mass is 368 g/mol. The van der Waals surface area contributed by atoms with Gasteiger partial charge < -0.3 is 15.0 Å². The molecule has 0 spiro atoms. The second-order valence-corrected chi connectivity index (χ2v) is 6.52. The van der Waals surface area contributed by atoms with Gasteiger partial charge in [-0.2, -0.15) is 0 Å². The second kappa shape index (κ2) is 7.67. The van der Waals surface area contributed by atoms with E-state index in [-0.39, 0.29) is 0 Å². The maximum absolute atomic E-state index is 11.8. The van der Waals surface area contributed by atoms with Gasteiger partial charge in [0, 0.05) is 23.0 Å². The Labute approximate surface area is 158 Å². The van der Waals surface area contributed by atoms with Gasteiger partial charge in [0.1, 0.15) is 5.75 Å². The van der Waals surface area contributed by atoms with E-state index in [2.05, 4.69) is 4.57 Å². The molecule has 1 aromatic heterocycles. The van der Waals surface area contributed by atoms with Crippen LogP contribution in [0.1, 0.15) is 21.6 Å². The Kier molecular flexibility index (Phi) is 5.33. The molecule has 0 saturated carbocycles. The lowest BCUT2D eigenvalue weighted by atomic mass is 10.1. The third kappa shape index (κ3) is 3.60. The number of aryl methyl sites for hydroxylation is 1. The van der Waals surface area contributed by atoms with E-state index in [4.69, 9.17) is 22.1 Å². The van der Waals surface area contributed by atoms with Crippen LogP contribution in [-0.4, -0.2) is 17.6 Å². The lowest BCUT2D eigenvalue weighted by Gasteiger charge is -2.13. The molecule has 2 aromatic carbocycles. The van der Waals surface area contributed by atoms with Gasteiger partial charge in [-0.25, -0.2) is 0 Å². The van der Waals surface area contributed by atoms with Crippen LogP contribution in [0.15, 0.2) is 54.6 Å². The van der Waals surface area contributed by atoms with Gasteiger partial charge in [-0.05, 0) is 60.9 Å². The highest BCUT2D eigenvalue weighted by molar-refractivity contribution is 6.31. The first-order chi connectivity index (χ1) is 12.5. The largest absolute Gasteiger partial charge is 0.497 e. The van der Waals surface area contributed by atoms with Crippen molar-refractivity contribution in [3.8, 4) is 17.0 Å². The van der Waals surface area contributed by atoms with Crippen LogP contribution in [0.5, 0.6) is 5.75 Å². The van der Waals surface area contributed by atoms with Gasteiger partial charge in [0.15, 0.2) is 0 Å². The summed E-state index contributed by atoms with van der Waals surface area (Å²) in [7, 11) is 1.64. The van der Waals surface area contributed by atoms with E-state index in [1.54, 1.807) is 7.11 Å². The Morgan fingerprint density at radius 2 is 1.85 bits per heavy atom. The topological polar surface area (TPSA) is 57.2 Å². The van der Waals surface area contributed by atoms with Crippen molar-refractivity contribution < 1.29 is 9.53 Å². The van der Waals surface area contributed by atoms with Gasteiger partial charge in [0.05, 0.1) is 12.7 Å². The van der Waals surface area contributed by atoms with Crippen molar-refractivity contribution in [1.82, 2.24) is 4.57 Å². The highest BCUT2D eigenvalue weighted by Gasteiger charge is 2.17. The zero-order valence-corrected chi connectivity index (χ0v) is 15.6. The molecule has 0 radical (unpaired) electrons. The standard InChI is InChI=1S/C21H21ClN2O2/c1-14-18(21(23)25)13-20(16-7-9-17(26-2)10-8-16)24(14)12-11-15-5-3-4-6-19(15)22/h3-10,13H,11-12H2,1-2H3,(H2,23,25). The van der Waals surface area contributed by atoms with Crippen LogP contribution in [-0.2, 0) is 13.0 Å². The van der Waals surface area contributed by atoms with E-state index in [0.717, 1.165) is 39.7 Å². The number of aromatic nitrogens is 1. The summed E-state index contributed by atoms with van der Waals surface area (Å²) in [6.45, 7) is 2.62. The first kappa shape index (κ1) is 18.1. The van der Waals surface area contributed by atoms with Crippen LogP contribution in [0.3, 0.4) is 0 Å². The van der Waals surface area contributed by atoms with Crippen molar-refractivity contribution in [3.63, 3.8) is 0 Å². The number of rotatable bonds is 6. The van der Waals surface area contributed by atoms with Crippen LogP contribution < -0.4 is 10.5 Å². The number of methoxy groups -OCH3 is 1. The van der Waals surface area contributed by atoms with E-state index < -0.39 is 5.91 Å². The lowest BCUT2D eigenvalue weighted by Crippen LogP contribution is -2.13. The Bertz CT molecular complexity index is 930. The minimum Gasteiger partial charge on any atom is -0.497 e. The molecule has 2 N–H and O–H groups in total. The first-order valence-electron chi connectivity index (χ1n) is 8.39. The summed E-state index contributed by atoms with van der Waals surface area (Å²) in [6.07, 6.45) is 0.760. The minimum atomic E-state index is -0.422. The fraction of sp³-hybridized carbons (Fsp3) is 0.190. The van der Waals surface area contributed by atoms with Gasteiger partial charge in [-0.3, -0.25) is 4.79 Å². The van der Waals surface area contributed by atoms with Crippen LogP contribution in [0.4, 0.5) is 0 Å². The summed E-state index contributed by atoms with van der Waals surface area (Å²) >= 11 is 6.28. The highest BCUT2D eigenvalue weighted by Crippen LogP contribution is 2.28. The van der Waals surface area contributed by atoms with E-state index in [9.17, 15) is 4.79 Å². The molecular formula is C21H21ClN2O2. The summed E-state index contributed by atoms with van der Waals surface area (Å²) < 4.78 is 7.34. The number of carbonyl (C=O) groups excluding carboxylic acids is 1. The number of nitrogens with zero attached hydrogens (tertiary/aromatic N) is 1. The summed E-state index contributed by atoms with van der Waals surface area (Å²) in [5.41, 5.74) is 9.98. The molecule has 0 unspecified atom stereocenters. The molecule has 1 heterocycles. The van der Waals surface area contributed by atoms with Crippen molar-refractivity contribution in [2.75, 3.05) is 7.11 Å². The number of primary amides is 1. The fourth-order valence-corrected chi connectivity index (χ4v) is 3.35. The number of halogens is 1. The van der Waals surface area contributed by atoms with E-state index in [1.165, 1.54) is 0 Å². The molecule has 3 rings (SSSR count). The average Bonchev–Trinajstić information content (AvgIpc) is 2.98. The molecule has 0 aliphatic carbocycles. The summed E-state index contributed by atoms with van der Waals surface area (Å²) in [5.74, 6) is 0.364. The zero-order chi connectivity index (χ0) is 18.7. The molecule has 0 aliphatic rings. The summed E-state index contributed by atoms with van der Waals surface area (Å²) in [4.78, 5) is 11.8. The smallest absolute Gasteiger partial charge is 0.250 e. The van der Waals surface area contributed by atoms with Gasteiger partial charge in [-0.1, -0.05) is 29.8 Å². The third-order valence-corrected chi connectivity index (χ3v) is 4.95. The average molecular weight is 369 g/mol. The molecule has 0 atom stereocenters. The predicted molar refractivity (Wildman–Crippen MR) is 105 cm³/mol. The molecule has 26 heavy (non-hydrogen) atoms. The molecule has 1 amide bonds. The Hall–Kier alpha value is -2.72.